The minimum absolute atomic E-state index is 0.287. The van der Waals surface area contributed by atoms with Crippen LogP contribution in [0.25, 0.3) is 0 Å². The lowest BCUT2D eigenvalue weighted by Gasteiger charge is -2.17. The molecule has 1 N–H and O–H groups in total. The molecular weight excluding hydrogens is 285 g/mol. The van der Waals surface area contributed by atoms with E-state index in [1.165, 1.54) is 23.3 Å². The van der Waals surface area contributed by atoms with Gasteiger partial charge in [0.2, 0.25) is 0 Å². The Morgan fingerprint density at radius 3 is 2.57 bits per heavy atom. The van der Waals surface area contributed by atoms with Crippen LogP contribution in [0.1, 0.15) is 23.1 Å². The van der Waals surface area contributed by atoms with Gasteiger partial charge in [-0.15, -0.1) is 0 Å². The van der Waals surface area contributed by atoms with Gasteiger partial charge in [-0.3, -0.25) is 0 Å². The summed E-state index contributed by atoms with van der Waals surface area (Å²) >= 11 is 6.11. The van der Waals surface area contributed by atoms with Crippen LogP contribution < -0.4 is 5.32 Å². The Kier molecular flexibility index (Phi) is 5.77. The highest BCUT2D eigenvalue weighted by Gasteiger charge is 2.11. The van der Waals surface area contributed by atoms with E-state index < -0.39 is 0 Å². The highest BCUT2D eigenvalue weighted by molar-refractivity contribution is 6.31. The summed E-state index contributed by atoms with van der Waals surface area (Å²) in [6.07, 6.45) is 2.85. The van der Waals surface area contributed by atoms with Crippen molar-refractivity contribution in [3.05, 3.63) is 70.0 Å². The van der Waals surface area contributed by atoms with Gasteiger partial charge in [-0.05, 0) is 62.1 Å². The lowest BCUT2D eigenvalue weighted by atomic mass is 9.97. The van der Waals surface area contributed by atoms with E-state index in [9.17, 15) is 4.39 Å². The zero-order valence-electron chi connectivity index (χ0n) is 12.5. The van der Waals surface area contributed by atoms with Gasteiger partial charge in [-0.1, -0.05) is 41.9 Å². The van der Waals surface area contributed by atoms with Gasteiger partial charge in [-0.25, -0.2) is 4.39 Å². The zero-order valence-corrected chi connectivity index (χ0v) is 13.3. The summed E-state index contributed by atoms with van der Waals surface area (Å²) in [5.74, 6) is -0.287. The van der Waals surface area contributed by atoms with E-state index in [1.54, 1.807) is 6.07 Å². The summed E-state index contributed by atoms with van der Waals surface area (Å²) < 4.78 is 13.1. The topological polar surface area (TPSA) is 12.0 Å². The minimum Gasteiger partial charge on any atom is -0.317 e. The van der Waals surface area contributed by atoms with Crippen LogP contribution in [0.2, 0.25) is 5.02 Å². The third-order valence-corrected chi connectivity index (χ3v) is 4.26. The summed E-state index contributed by atoms with van der Waals surface area (Å²) in [4.78, 5) is 0. The maximum absolute atomic E-state index is 13.1. The molecule has 2 aromatic carbocycles. The number of nitrogens with one attached hydrogen (secondary N) is 1. The number of hydrogen-bond acceptors (Lipinski definition) is 1. The maximum atomic E-state index is 13.1. The molecule has 3 heteroatoms. The van der Waals surface area contributed by atoms with Gasteiger partial charge in [-0.2, -0.15) is 0 Å². The van der Waals surface area contributed by atoms with Crippen molar-refractivity contribution in [1.29, 1.82) is 0 Å². The third-order valence-electron chi connectivity index (χ3n) is 3.91. The van der Waals surface area contributed by atoms with Gasteiger partial charge in [0.25, 0.3) is 0 Å². The Balaban J connectivity index is 1.99. The molecule has 2 aromatic rings. The van der Waals surface area contributed by atoms with E-state index in [-0.39, 0.29) is 5.82 Å². The Morgan fingerprint density at radius 1 is 1.14 bits per heavy atom. The van der Waals surface area contributed by atoms with Crippen molar-refractivity contribution in [3.63, 3.8) is 0 Å². The maximum Gasteiger partial charge on any atom is 0.124 e. The molecule has 0 aliphatic carbocycles. The van der Waals surface area contributed by atoms with Crippen molar-refractivity contribution in [1.82, 2.24) is 5.32 Å². The number of likely N-dealkylation sites (N-methyl/N-ethyl adjacent to an activating group) is 1. The molecular formula is C18H21ClFN. The molecule has 0 aliphatic rings. The van der Waals surface area contributed by atoms with Gasteiger partial charge in [0.05, 0.1) is 0 Å². The number of aryl methyl sites for hydroxylation is 2. The predicted molar refractivity (Wildman–Crippen MR) is 87.5 cm³/mol. The molecule has 112 valence electrons. The van der Waals surface area contributed by atoms with E-state index >= 15 is 0 Å². The summed E-state index contributed by atoms with van der Waals surface area (Å²) in [5.41, 5.74) is 3.69. The van der Waals surface area contributed by atoms with Crippen LogP contribution in [0.4, 0.5) is 4.39 Å². The first-order valence-electron chi connectivity index (χ1n) is 7.26. The zero-order chi connectivity index (χ0) is 15.2. The molecule has 0 bridgehead atoms. The standard InChI is InChI=1S/C18H21ClFN/c1-13-5-3-4-6-14(13)8-10-17(21-2)11-15-7-9-16(20)12-18(15)19/h3-7,9,12,17,21H,8,10-11H2,1-2H3. The Bertz CT molecular complexity index is 598. The molecule has 0 heterocycles. The predicted octanol–water partition coefficient (Wildman–Crippen LogP) is 4.55. The molecule has 0 aliphatic heterocycles. The molecule has 2 rings (SSSR count). The first-order valence-corrected chi connectivity index (χ1v) is 7.63. The smallest absolute Gasteiger partial charge is 0.124 e. The first-order chi connectivity index (χ1) is 10.1. The summed E-state index contributed by atoms with van der Waals surface area (Å²) in [5, 5.41) is 3.84. The van der Waals surface area contributed by atoms with Crippen molar-refractivity contribution >= 4 is 11.6 Å². The lowest BCUT2D eigenvalue weighted by molar-refractivity contribution is 0.519. The number of rotatable bonds is 6. The Hall–Kier alpha value is -1.38. The van der Waals surface area contributed by atoms with Crippen molar-refractivity contribution in [2.45, 2.75) is 32.2 Å². The fraction of sp³-hybridized carbons (Fsp3) is 0.333. The largest absolute Gasteiger partial charge is 0.317 e. The van der Waals surface area contributed by atoms with Crippen LogP contribution >= 0.6 is 11.6 Å². The van der Waals surface area contributed by atoms with Crippen LogP contribution in [-0.4, -0.2) is 13.1 Å². The quantitative estimate of drug-likeness (QED) is 0.825. The Morgan fingerprint density at radius 2 is 1.90 bits per heavy atom. The molecule has 0 spiro atoms. The molecule has 1 nitrogen and oxygen atoms in total. The van der Waals surface area contributed by atoms with Crippen molar-refractivity contribution in [2.24, 2.45) is 0 Å². The number of hydrogen-bond donors (Lipinski definition) is 1. The second-order valence-corrected chi connectivity index (χ2v) is 5.80. The van der Waals surface area contributed by atoms with Crippen molar-refractivity contribution < 1.29 is 4.39 Å². The van der Waals surface area contributed by atoms with E-state index in [1.807, 2.05) is 7.05 Å². The number of benzene rings is 2. The molecule has 0 saturated heterocycles. The molecule has 21 heavy (non-hydrogen) atoms. The highest BCUT2D eigenvalue weighted by Crippen LogP contribution is 2.20. The van der Waals surface area contributed by atoms with Crippen LogP contribution in [0, 0.1) is 12.7 Å². The molecule has 0 aromatic heterocycles. The summed E-state index contributed by atoms with van der Waals surface area (Å²) in [6, 6.07) is 13.4. The van der Waals surface area contributed by atoms with Gasteiger partial charge < -0.3 is 5.32 Å². The second-order valence-electron chi connectivity index (χ2n) is 5.39. The number of halogens is 2. The first kappa shape index (κ1) is 16.0. The van der Waals surface area contributed by atoms with E-state index in [2.05, 4.69) is 36.5 Å². The van der Waals surface area contributed by atoms with Crippen LogP contribution in [0.15, 0.2) is 42.5 Å². The third kappa shape index (κ3) is 4.55. The molecule has 1 unspecified atom stereocenters. The van der Waals surface area contributed by atoms with Crippen LogP contribution in [0.5, 0.6) is 0 Å². The second kappa shape index (κ2) is 7.58. The van der Waals surface area contributed by atoms with Crippen molar-refractivity contribution in [2.75, 3.05) is 7.05 Å². The molecule has 0 fully saturated rings. The molecule has 1 atom stereocenters. The highest BCUT2D eigenvalue weighted by atomic mass is 35.5. The normalized spacial score (nSPS) is 12.4. The van der Waals surface area contributed by atoms with E-state index in [0.717, 1.165) is 24.8 Å². The van der Waals surface area contributed by atoms with Crippen LogP contribution in [-0.2, 0) is 12.8 Å². The lowest BCUT2D eigenvalue weighted by Crippen LogP contribution is -2.28. The fourth-order valence-corrected chi connectivity index (χ4v) is 2.77. The Labute approximate surface area is 131 Å². The van der Waals surface area contributed by atoms with Crippen molar-refractivity contribution in [3.8, 4) is 0 Å². The summed E-state index contributed by atoms with van der Waals surface area (Å²) in [6.45, 7) is 2.14. The van der Waals surface area contributed by atoms with Gasteiger partial charge in [0.1, 0.15) is 5.82 Å². The van der Waals surface area contributed by atoms with E-state index in [4.69, 9.17) is 11.6 Å². The monoisotopic (exact) mass is 305 g/mol. The summed E-state index contributed by atoms with van der Waals surface area (Å²) in [7, 11) is 1.96. The average Bonchev–Trinajstić information content (AvgIpc) is 2.47. The van der Waals surface area contributed by atoms with Gasteiger partial charge >= 0.3 is 0 Å². The van der Waals surface area contributed by atoms with E-state index in [0.29, 0.717) is 11.1 Å². The van der Waals surface area contributed by atoms with Gasteiger partial charge in [0.15, 0.2) is 0 Å². The fourth-order valence-electron chi connectivity index (χ4n) is 2.52. The average molecular weight is 306 g/mol. The molecule has 0 radical (unpaired) electrons. The molecule has 0 saturated carbocycles. The minimum atomic E-state index is -0.287. The molecule has 0 amide bonds. The van der Waals surface area contributed by atoms with Gasteiger partial charge in [0, 0.05) is 11.1 Å². The SMILES string of the molecule is CNC(CCc1ccccc1C)Cc1ccc(F)cc1Cl. The van der Waals surface area contributed by atoms with Crippen LogP contribution in [0.3, 0.4) is 0 Å².